The summed E-state index contributed by atoms with van der Waals surface area (Å²) in [4.78, 5) is 12.2. The summed E-state index contributed by atoms with van der Waals surface area (Å²) in [5, 5.41) is 0. The lowest BCUT2D eigenvalue weighted by molar-refractivity contribution is 0.104. The number of hydrogen-bond donors (Lipinski definition) is 0. The van der Waals surface area contributed by atoms with Crippen molar-refractivity contribution in [3.63, 3.8) is 0 Å². The quantitative estimate of drug-likeness (QED) is 0.581. The highest BCUT2D eigenvalue weighted by Crippen LogP contribution is 2.22. The molecule has 23 heavy (non-hydrogen) atoms. The highest BCUT2D eigenvalue weighted by molar-refractivity contribution is 6.07. The molecular weight excluding hydrogens is 295 g/mol. The van der Waals surface area contributed by atoms with E-state index in [9.17, 15) is 9.18 Å². The molecule has 0 heterocycles. The molecule has 0 aliphatic rings. The third kappa shape index (κ3) is 4.42. The van der Waals surface area contributed by atoms with Crippen LogP contribution in [0.2, 0.25) is 0 Å². The maximum Gasteiger partial charge on any atom is 0.185 e. The summed E-state index contributed by atoms with van der Waals surface area (Å²) in [7, 11) is 1.38. The number of methoxy groups -OCH3 is 1. The monoisotopic (exact) mass is 314 g/mol. The van der Waals surface area contributed by atoms with Crippen LogP contribution in [0.1, 0.15) is 29.8 Å². The highest BCUT2D eigenvalue weighted by atomic mass is 19.1. The molecule has 0 bridgehead atoms. The van der Waals surface area contributed by atoms with Gasteiger partial charge in [0.25, 0.3) is 0 Å². The van der Waals surface area contributed by atoms with Crippen LogP contribution in [0.25, 0.3) is 6.08 Å². The third-order valence-corrected chi connectivity index (χ3v) is 3.13. The number of ether oxygens (including phenoxy) is 2. The summed E-state index contributed by atoms with van der Waals surface area (Å²) in [5.74, 6) is -0.0325. The van der Waals surface area contributed by atoms with Crippen molar-refractivity contribution >= 4 is 11.9 Å². The van der Waals surface area contributed by atoms with Crippen molar-refractivity contribution in [2.24, 2.45) is 0 Å². The fourth-order valence-corrected chi connectivity index (χ4v) is 2.06. The Morgan fingerprint density at radius 3 is 2.52 bits per heavy atom. The minimum atomic E-state index is -0.560. The molecule has 2 aromatic carbocycles. The molecule has 0 atom stereocenters. The van der Waals surface area contributed by atoms with Crippen LogP contribution in [0.15, 0.2) is 48.5 Å². The summed E-state index contributed by atoms with van der Waals surface area (Å²) in [5.41, 5.74) is 1.06. The van der Waals surface area contributed by atoms with Gasteiger partial charge < -0.3 is 9.47 Å². The van der Waals surface area contributed by atoms with Gasteiger partial charge in [0.05, 0.1) is 13.2 Å². The van der Waals surface area contributed by atoms with Crippen LogP contribution in [0.4, 0.5) is 4.39 Å². The van der Waals surface area contributed by atoms with E-state index < -0.39 is 5.82 Å². The van der Waals surface area contributed by atoms with Gasteiger partial charge in [-0.3, -0.25) is 4.79 Å². The number of allylic oxidation sites excluding steroid dienone is 1. The zero-order valence-electron chi connectivity index (χ0n) is 13.4. The lowest BCUT2D eigenvalue weighted by Gasteiger charge is -2.11. The Hall–Kier alpha value is -2.62. The molecule has 0 radical (unpaired) electrons. The summed E-state index contributed by atoms with van der Waals surface area (Å²) in [6.45, 7) is 3.87. The number of halogens is 1. The van der Waals surface area contributed by atoms with Crippen molar-refractivity contribution < 1.29 is 18.7 Å². The van der Waals surface area contributed by atoms with Crippen LogP contribution in [0.5, 0.6) is 11.5 Å². The number of rotatable bonds is 6. The first kappa shape index (κ1) is 16.7. The van der Waals surface area contributed by atoms with Crippen LogP contribution >= 0.6 is 0 Å². The molecule has 2 aromatic rings. The molecule has 0 saturated carbocycles. The van der Waals surface area contributed by atoms with E-state index in [4.69, 9.17) is 9.47 Å². The van der Waals surface area contributed by atoms with Gasteiger partial charge in [-0.2, -0.15) is 0 Å². The summed E-state index contributed by atoms with van der Waals surface area (Å²) in [6, 6.07) is 11.6. The van der Waals surface area contributed by atoms with E-state index in [-0.39, 0.29) is 23.2 Å². The smallest absolute Gasteiger partial charge is 0.185 e. The van der Waals surface area contributed by atoms with Crippen molar-refractivity contribution in [1.29, 1.82) is 0 Å². The van der Waals surface area contributed by atoms with Gasteiger partial charge in [-0.05, 0) is 50.3 Å². The van der Waals surface area contributed by atoms with E-state index in [1.54, 1.807) is 6.08 Å². The molecule has 0 saturated heterocycles. The van der Waals surface area contributed by atoms with Gasteiger partial charge in [0.2, 0.25) is 0 Å². The minimum Gasteiger partial charge on any atom is -0.494 e. The molecule has 0 fully saturated rings. The van der Waals surface area contributed by atoms with Crippen LogP contribution in [0.3, 0.4) is 0 Å². The van der Waals surface area contributed by atoms with Crippen molar-refractivity contribution in [2.45, 2.75) is 20.0 Å². The van der Waals surface area contributed by atoms with E-state index >= 15 is 0 Å². The molecule has 0 aliphatic carbocycles. The molecule has 2 rings (SSSR count). The minimum absolute atomic E-state index is 0.0379. The molecule has 3 nitrogen and oxygen atoms in total. The second-order valence-corrected chi connectivity index (χ2v) is 5.25. The Bertz CT molecular complexity index is 720. The Balaban J connectivity index is 2.20. The Labute approximate surface area is 135 Å². The standard InChI is InChI=1S/C19H19FO3/c1-13(2)23-18-7-5-4-6-14(18)8-10-17(21)15-9-11-19(22-3)16(20)12-15/h4-13H,1-3H3/b10-8+. The molecular formula is C19H19FO3. The van der Waals surface area contributed by atoms with Crippen LogP contribution < -0.4 is 9.47 Å². The van der Waals surface area contributed by atoms with Crippen LogP contribution in [-0.4, -0.2) is 19.0 Å². The van der Waals surface area contributed by atoms with E-state index in [0.29, 0.717) is 5.75 Å². The van der Waals surface area contributed by atoms with Gasteiger partial charge in [-0.15, -0.1) is 0 Å². The van der Waals surface area contributed by atoms with E-state index in [0.717, 1.165) is 5.56 Å². The second-order valence-electron chi connectivity index (χ2n) is 5.25. The lowest BCUT2D eigenvalue weighted by Crippen LogP contribution is -2.06. The first-order valence-corrected chi connectivity index (χ1v) is 7.33. The maximum atomic E-state index is 13.7. The van der Waals surface area contributed by atoms with Gasteiger partial charge in [0, 0.05) is 11.1 Å². The lowest BCUT2D eigenvalue weighted by atomic mass is 10.1. The van der Waals surface area contributed by atoms with Crippen molar-refractivity contribution in [1.82, 2.24) is 0 Å². The number of ketones is 1. The first-order chi connectivity index (χ1) is 11.0. The topological polar surface area (TPSA) is 35.5 Å². The second kappa shape index (κ2) is 7.58. The van der Waals surface area contributed by atoms with E-state index in [2.05, 4.69) is 0 Å². The van der Waals surface area contributed by atoms with Gasteiger partial charge in [-0.25, -0.2) is 4.39 Å². The van der Waals surface area contributed by atoms with Gasteiger partial charge in [-0.1, -0.05) is 18.2 Å². The number of carbonyl (C=O) groups is 1. The van der Waals surface area contributed by atoms with Gasteiger partial charge in [0.15, 0.2) is 17.3 Å². The molecule has 0 amide bonds. The number of hydrogen-bond acceptors (Lipinski definition) is 3. The third-order valence-electron chi connectivity index (χ3n) is 3.13. The van der Waals surface area contributed by atoms with E-state index in [1.165, 1.54) is 31.4 Å². The predicted octanol–water partition coefficient (Wildman–Crippen LogP) is 4.52. The van der Waals surface area contributed by atoms with Crippen molar-refractivity contribution in [3.05, 3.63) is 65.5 Å². The van der Waals surface area contributed by atoms with Crippen molar-refractivity contribution in [2.75, 3.05) is 7.11 Å². The summed E-state index contributed by atoms with van der Waals surface area (Å²) < 4.78 is 24.2. The van der Waals surface area contributed by atoms with Crippen molar-refractivity contribution in [3.8, 4) is 11.5 Å². The van der Waals surface area contributed by atoms with Gasteiger partial charge in [0.1, 0.15) is 5.75 Å². The number of benzene rings is 2. The molecule has 0 spiro atoms. The molecule has 120 valence electrons. The molecule has 0 N–H and O–H groups in total. The largest absolute Gasteiger partial charge is 0.494 e. The fraction of sp³-hybridized carbons (Fsp3) is 0.211. The van der Waals surface area contributed by atoms with Crippen LogP contribution in [-0.2, 0) is 0 Å². The average molecular weight is 314 g/mol. The summed E-state index contributed by atoms with van der Waals surface area (Å²) >= 11 is 0. The number of carbonyl (C=O) groups excluding carboxylic acids is 1. The van der Waals surface area contributed by atoms with Gasteiger partial charge >= 0.3 is 0 Å². The normalized spacial score (nSPS) is 11.0. The molecule has 0 aromatic heterocycles. The summed E-state index contributed by atoms with van der Waals surface area (Å²) in [6.07, 6.45) is 3.11. The molecule has 0 unspecified atom stereocenters. The predicted molar refractivity (Wildman–Crippen MR) is 88.5 cm³/mol. The Morgan fingerprint density at radius 1 is 1.13 bits per heavy atom. The Kier molecular flexibility index (Phi) is 5.52. The molecule has 4 heteroatoms. The average Bonchev–Trinajstić information content (AvgIpc) is 2.53. The Morgan fingerprint density at radius 2 is 1.87 bits per heavy atom. The zero-order chi connectivity index (χ0) is 16.8. The van der Waals surface area contributed by atoms with Crippen LogP contribution in [0, 0.1) is 5.82 Å². The zero-order valence-corrected chi connectivity index (χ0v) is 13.4. The highest BCUT2D eigenvalue weighted by Gasteiger charge is 2.08. The van der Waals surface area contributed by atoms with E-state index in [1.807, 2.05) is 38.1 Å². The molecule has 0 aliphatic heterocycles. The maximum absolute atomic E-state index is 13.7. The first-order valence-electron chi connectivity index (χ1n) is 7.33. The SMILES string of the molecule is COc1ccc(C(=O)/C=C/c2ccccc2OC(C)C)cc1F. The fourth-order valence-electron chi connectivity index (χ4n) is 2.06. The number of para-hydroxylation sites is 1.